The van der Waals surface area contributed by atoms with Crippen molar-refractivity contribution in [1.29, 1.82) is 0 Å². The van der Waals surface area contributed by atoms with Crippen molar-refractivity contribution in [3.05, 3.63) is 23.8 Å². The zero-order chi connectivity index (χ0) is 10.8. The van der Waals surface area contributed by atoms with Crippen molar-refractivity contribution in [2.45, 2.75) is 24.8 Å². The number of benzene rings is 1. The Morgan fingerprint density at radius 3 is 3.07 bits per heavy atom. The van der Waals surface area contributed by atoms with E-state index in [1.807, 2.05) is 11.8 Å². The van der Waals surface area contributed by atoms with E-state index in [1.54, 1.807) is 0 Å². The van der Waals surface area contributed by atoms with E-state index in [-0.39, 0.29) is 6.04 Å². The minimum atomic E-state index is 0.238. The van der Waals surface area contributed by atoms with Gasteiger partial charge >= 0.3 is 0 Å². The molecule has 3 heteroatoms. The van der Waals surface area contributed by atoms with Gasteiger partial charge in [-0.05, 0) is 31.5 Å². The molecule has 0 radical (unpaired) electrons. The van der Waals surface area contributed by atoms with E-state index in [2.05, 4.69) is 36.9 Å². The number of anilines is 1. The van der Waals surface area contributed by atoms with Gasteiger partial charge in [-0.2, -0.15) is 0 Å². The molecule has 1 heterocycles. The van der Waals surface area contributed by atoms with Crippen LogP contribution < -0.4 is 10.6 Å². The van der Waals surface area contributed by atoms with E-state index < -0.39 is 0 Å². The highest BCUT2D eigenvalue weighted by Gasteiger charge is 2.17. The highest BCUT2D eigenvalue weighted by Crippen LogP contribution is 2.35. The molecule has 82 valence electrons. The summed E-state index contributed by atoms with van der Waals surface area (Å²) in [7, 11) is 0. The molecule has 0 saturated carbocycles. The fraction of sp³-hybridized carbons (Fsp3) is 0.500. The summed E-state index contributed by atoms with van der Waals surface area (Å²) in [5.41, 5.74) is 8.55. The van der Waals surface area contributed by atoms with Crippen molar-refractivity contribution in [3.8, 4) is 0 Å². The summed E-state index contributed by atoms with van der Waals surface area (Å²) >= 11 is 1.95. The molecule has 1 aliphatic heterocycles. The number of nitrogens with two attached hydrogens (primary N) is 1. The molecular formula is C12H18N2S. The smallest absolute Gasteiger partial charge is 0.0505 e. The Bertz CT molecular complexity index is 349. The molecule has 0 fully saturated rings. The molecule has 0 amide bonds. The minimum absolute atomic E-state index is 0.238. The van der Waals surface area contributed by atoms with E-state index in [0.29, 0.717) is 0 Å². The van der Waals surface area contributed by atoms with Gasteiger partial charge in [-0.3, -0.25) is 0 Å². The molecule has 2 rings (SSSR count). The molecule has 0 spiro atoms. The molecule has 15 heavy (non-hydrogen) atoms. The number of rotatable bonds is 2. The molecule has 2 N–H and O–H groups in total. The predicted molar refractivity (Wildman–Crippen MR) is 67.8 cm³/mol. The van der Waals surface area contributed by atoms with Gasteiger partial charge in [0.1, 0.15) is 0 Å². The first-order chi connectivity index (χ1) is 7.16. The first-order valence-corrected chi connectivity index (χ1v) is 6.39. The second kappa shape index (κ2) is 4.45. The van der Waals surface area contributed by atoms with Gasteiger partial charge in [0.2, 0.25) is 0 Å². The number of aryl methyl sites for hydroxylation is 1. The van der Waals surface area contributed by atoms with Gasteiger partial charge in [0.15, 0.2) is 0 Å². The van der Waals surface area contributed by atoms with Crippen LogP contribution in [0, 0.1) is 6.92 Å². The second-order valence-electron chi connectivity index (χ2n) is 4.24. The Labute approximate surface area is 95.8 Å². The lowest BCUT2D eigenvalue weighted by molar-refractivity contribution is 0.684. The third-order valence-corrected chi connectivity index (χ3v) is 3.61. The number of hydrogen-bond donors (Lipinski definition) is 1. The molecule has 1 aromatic rings. The molecule has 1 aromatic carbocycles. The summed E-state index contributed by atoms with van der Waals surface area (Å²) in [6.07, 6.45) is 0. The van der Waals surface area contributed by atoms with Crippen LogP contribution in [-0.4, -0.2) is 24.9 Å². The van der Waals surface area contributed by atoms with Crippen LogP contribution in [0.1, 0.15) is 12.5 Å². The van der Waals surface area contributed by atoms with Crippen LogP contribution >= 0.6 is 11.8 Å². The van der Waals surface area contributed by atoms with E-state index in [9.17, 15) is 0 Å². The zero-order valence-electron chi connectivity index (χ0n) is 9.36. The van der Waals surface area contributed by atoms with Crippen molar-refractivity contribution in [2.75, 3.05) is 23.7 Å². The lowest BCUT2D eigenvalue weighted by Gasteiger charge is -2.32. The summed E-state index contributed by atoms with van der Waals surface area (Å²) in [6.45, 7) is 6.28. The highest BCUT2D eigenvalue weighted by atomic mass is 32.2. The van der Waals surface area contributed by atoms with Gasteiger partial charge in [0.05, 0.1) is 5.69 Å². The van der Waals surface area contributed by atoms with Gasteiger partial charge in [0, 0.05) is 29.8 Å². The van der Waals surface area contributed by atoms with Crippen molar-refractivity contribution in [1.82, 2.24) is 0 Å². The Morgan fingerprint density at radius 2 is 2.33 bits per heavy atom. The van der Waals surface area contributed by atoms with Crippen LogP contribution in [-0.2, 0) is 0 Å². The monoisotopic (exact) mass is 222 g/mol. The third kappa shape index (κ3) is 2.47. The average Bonchev–Trinajstić information content (AvgIpc) is 2.16. The van der Waals surface area contributed by atoms with E-state index in [1.165, 1.54) is 21.9 Å². The van der Waals surface area contributed by atoms with Crippen molar-refractivity contribution >= 4 is 17.4 Å². The molecule has 1 aliphatic rings. The summed E-state index contributed by atoms with van der Waals surface area (Å²) < 4.78 is 0. The summed E-state index contributed by atoms with van der Waals surface area (Å²) in [5, 5.41) is 0. The fourth-order valence-corrected chi connectivity index (χ4v) is 3.07. The molecule has 0 bridgehead atoms. The zero-order valence-corrected chi connectivity index (χ0v) is 10.2. The first kappa shape index (κ1) is 10.8. The first-order valence-electron chi connectivity index (χ1n) is 5.41. The second-order valence-corrected chi connectivity index (χ2v) is 5.38. The van der Waals surface area contributed by atoms with Gasteiger partial charge in [-0.15, -0.1) is 11.8 Å². The van der Waals surface area contributed by atoms with E-state index >= 15 is 0 Å². The number of fused-ring (bicyclic) bond motifs is 1. The van der Waals surface area contributed by atoms with Gasteiger partial charge in [-0.25, -0.2) is 0 Å². The quantitative estimate of drug-likeness (QED) is 0.832. The number of nitrogens with zero attached hydrogens (tertiary/aromatic N) is 1. The van der Waals surface area contributed by atoms with Crippen molar-refractivity contribution < 1.29 is 0 Å². The Morgan fingerprint density at radius 1 is 1.53 bits per heavy atom. The highest BCUT2D eigenvalue weighted by molar-refractivity contribution is 7.99. The Kier molecular flexibility index (Phi) is 3.22. The predicted octanol–water partition coefficient (Wildman–Crippen LogP) is 2.25. The Balaban J connectivity index is 2.26. The maximum Gasteiger partial charge on any atom is 0.0505 e. The van der Waals surface area contributed by atoms with Gasteiger partial charge < -0.3 is 10.6 Å². The van der Waals surface area contributed by atoms with E-state index in [4.69, 9.17) is 5.73 Å². The molecule has 0 saturated heterocycles. The standard InChI is InChI=1S/C12H18N2S/c1-9-3-4-11-12(7-9)15-6-5-14(11)8-10(2)13/h3-4,7,10H,5-6,8,13H2,1-2H3. The topological polar surface area (TPSA) is 29.3 Å². The maximum atomic E-state index is 5.86. The summed E-state index contributed by atoms with van der Waals surface area (Å²) in [6, 6.07) is 6.91. The van der Waals surface area contributed by atoms with Crippen LogP contribution in [0.15, 0.2) is 23.1 Å². The van der Waals surface area contributed by atoms with Gasteiger partial charge in [-0.1, -0.05) is 6.07 Å². The lowest BCUT2D eigenvalue weighted by atomic mass is 10.2. The van der Waals surface area contributed by atoms with Crippen LogP contribution in [0.3, 0.4) is 0 Å². The maximum absolute atomic E-state index is 5.86. The van der Waals surface area contributed by atoms with Gasteiger partial charge in [0.25, 0.3) is 0 Å². The largest absolute Gasteiger partial charge is 0.368 e. The minimum Gasteiger partial charge on any atom is -0.368 e. The molecule has 1 unspecified atom stereocenters. The lowest BCUT2D eigenvalue weighted by Crippen LogP contribution is -2.38. The van der Waals surface area contributed by atoms with E-state index in [0.717, 1.165) is 13.1 Å². The van der Waals surface area contributed by atoms with Crippen molar-refractivity contribution in [3.63, 3.8) is 0 Å². The fourth-order valence-electron chi connectivity index (χ4n) is 1.92. The van der Waals surface area contributed by atoms with Crippen molar-refractivity contribution in [2.24, 2.45) is 5.73 Å². The molecule has 1 atom stereocenters. The van der Waals surface area contributed by atoms with Crippen LogP contribution in [0.25, 0.3) is 0 Å². The Hall–Kier alpha value is -0.670. The molecule has 2 nitrogen and oxygen atoms in total. The molecule has 0 aliphatic carbocycles. The molecular weight excluding hydrogens is 204 g/mol. The average molecular weight is 222 g/mol. The number of hydrogen-bond acceptors (Lipinski definition) is 3. The summed E-state index contributed by atoms with van der Waals surface area (Å²) in [5.74, 6) is 1.17. The van der Waals surface area contributed by atoms with Crippen LogP contribution in [0.4, 0.5) is 5.69 Å². The van der Waals surface area contributed by atoms with Crippen LogP contribution in [0.2, 0.25) is 0 Å². The number of thioether (sulfide) groups is 1. The van der Waals surface area contributed by atoms with Crippen LogP contribution in [0.5, 0.6) is 0 Å². The molecule has 0 aromatic heterocycles. The normalized spacial score (nSPS) is 17.4. The summed E-state index contributed by atoms with van der Waals surface area (Å²) in [4.78, 5) is 3.80. The SMILES string of the molecule is Cc1ccc2c(c1)SCCN2CC(C)N. The third-order valence-electron chi connectivity index (χ3n) is 2.58.